The van der Waals surface area contributed by atoms with E-state index in [2.05, 4.69) is 20.5 Å². The van der Waals surface area contributed by atoms with Crippen molar-refractivity contribution in [3.8, 4) is 23.1 Å². The Labute approximate surface area is 172 Å². The van der Waals surface area contributed by atoms with Crippen LogP contribution < -0.4 is 15.7 Å². The smallest absolute Gasteiger partial charge is 0.270 e. The molecule has 7 nitrogen and oxygen atoms in total. The zero-order chi connectivity index (χ0) is 20.9. The summed E-state index contributed by atoms with van der Waals surface area (Å²) in [4.78, 5) is 19.2. The molecule has 0 atom stereocenters. The highest BCUT2D eigenvalue weighted by Gasteiger charge is 2.12. The Morgan fingerprint density at radius 3 is 2.63 bits per heavy atom. The third kappa shape index (κ3) is 3.88. The maximum absolute atomic E-state index is 12.3. The molecule has 7 heteroatoms. The second kappa shape index (κ2) is 8.29. The predicted molar refractivity (Wildman–Crippen MR) is 117 cm³/mol. The molecule has 0 aliphatic heterocycles. The topological polar surface area (TPSA) is 103 Å². The number of hydrazone groups is 1. The van der Waals surface area contributed by atoms with Gasteiger partial charge in [0.25, 0.3) is 5.56 Å². The lowest BCUT2D eigenvalue weighted by Crippen LogP contribution is -2.16. The van der Waals surface area contributed by atoms with Crippen molar-refractivity contribution in [2.75, 3.05) is 12.5 Å². The van der Waals surface area contributed by atoms with Gasteiger partial charge in [0.1, 0.15) is 17.4 Å². The first-order valence-corrected chi connectivity index (χ1v) is 9.14. The number of anilines is 1. The largest absolute Gasteiger partial charge is 0.497 e. The summed E-state index contributed by atoms with van der Waals surface area (Å²) in [6, 6.07) is 22.7. The van der Waals surface area contributed by atoms with Gasteiger partial charge >= 0.3 is 0 Å². The summed E-state index contributed by atoms with van der Waals surface area (Å²) in [5.41, 5.74) is 4.03. The lowest BCUT2D eigenvalue weighted by molar-refractivity contribution is 0.415. The average molecular weight is 395 g/mol. The van der Waals surface area contributed by atoms with Crippen LogP contribution in [0.4, 0.5) is 5.95 Å². The van der Waals surface area contributed by atoms with Crippen LogP contribution in [0.25, 0.3) is 22.0 Å². The number of nitriles is 1. The molecular formula is C23H17N5O2. The van der Waals surface area contributed by atoms with Crippen molar-refractivity contribution < 1.29 is 4.74 Å². The number of nitrogens with zero attached hydrogens (tertiary/aromatic N) is 3. The van der Waals surface area contributed by atoms with Crippen molar-refractivity contribution in [1.29, 1.82) is 5.26 Å². The molecule has 146 valence electrons. The molecule has 0 fully saturated rings. The van der Waals surface area contributed by atoms with Gasteiger partial charge in [-0.1, -0.05) is 48.5 Å². The van der Waals surface area contributed by atoms with Crippen LogP contribution in [0.15, 0.2) is 76.6 Å². The van der Waals surface area contributed by atoms with Crippen molar-refractivity contribution in [2.45, 2.75) is 0 Å². The quantitative estimate of drug-likeness (QED) is 0.394. The SMILES string of the molecule is COc1ccc2cc(C=NNc3nc(-c4ccccc4)c(C#N)c(=O)[nH]3)ccc2c1. The molecule has 0 saturated heterocycles. The number of nitrogens with one attached hydrogen (secondary N) is 2. The summed E-state index contributed by atoms with van der Waals surface area (Å²) >= 11 is 0. The van der Waals surface area contributed by atoms with Gasteiger partial charge in [-0.3, -0.25) is 9.78 Å². The van der Waals surface area contributed by atoms with Gasteiger partial charge in [-0.25, -0.2) is 10.4 Å². The number of ether oxygens (including phenoxy) is 1. The standard InChI is InChI=1S/C23H17N5O2/c1-30-19-10-9-17-11-15(7-8-18(17)12-19)14-25-28-23-26-21(16-5-3-2-4-6-16)20(13-24)22(29)27-23/h2-12,14H,1H3,(H2,26,27,28,29). The van der Waals surface area contributed by atoms with E-state index in [1.165, 1.54) is 0 Å². The molecule has 0 aliphatic carbocycles. The van der Waals surface area contributed by atoms with Crippen molar-refractivity contribution in [3.05, 3.63) is 88.2 Å². The number of H-pyrrole nitrogens is 1. The maximum Gasteiger partial charge on any atom is 0.270 e. The van der Waals surface area contributed by atoms with E-state index in [1.54, 1.807) is 25.5 Å². The van der Waals surface area contributed by atoms with Crippen LogP contribution in [0.2, 0.25) is 0 Å². The van der Waals surface area contributed by atoms with Crippen molar-refractivity contribution >= 4 is 22.9 Å². The van der Waals surface area contributed by atoms with Crippen LogP contribution in [0.1, 0.15) is 11.1 Å². The molecule has 0 spiro atoms. The fraction of sp³-hybridized carbons (Fsp3) is 0.0435. The summed E-state index contributed by atoms with van der Waals surface area (Å²) in [6.45, 7) is 0. The number of methoxy groups -OCH3 is 1. The summed E-state index contributed by atoms with van der Waals surface area (Å²) in [5.74, 6) is 0.954. The van der Waals surface area contributed by atoms with Crippen LogP contribution in [-0.4, -0.2) is 23.3 Å². The molecule has 4 rings (SSSR count). The Bertz CT molecular complexity index is 1340. The van der Waals surface area contributed by atoms with E-state index in [1.807, 2.05) is 60.7 Å². The number of fused-ring (bicyclic) bond motifs is 1. The fourth-order valence-electron chi connectivity index (χ4n) is 3.05. The molecule has 2 N–H and O–H groups in total. The summed E-state index contributed by atoms with van der Waals surface area (Å²) in [7, 11) is 1.64. The van der Waals surface area contributed by atoms with Crippen molar-refractivity contribution in [2.24, 2.45) is 5.10 Å². The Balaban J connectivity index is 1.60. The molecule has 1 aromatic heterocycles. The number of benzene rings is 3. The van der Waals surface area contributed by atoms with E-state index in [-0.39, 0.29) is 11.5 Å². The molecule has 0 radical (unpaired) electrons. The van der Waals surface area contributed by atoms with Crippen LogP contribution in [-0.2, 0) is 0 Å². The highest BCUT2D eigenvalue weighted by molar-refractivity contribution is 5.91. The normalized spacial score (nSPS) is 10.8. The number of aromatic nitrogens is 2. The van der Waals surface area contributed by atoms with Crippen LogP contribution in [0, 0.1) is 11.3 Å². The van der Waals surface area contributed by atoms with E-state index in [0.717, 1.165) is 22.1 Å². The predicted octanol–water partition coefficient (Wildman–Crippen LogP) is 3.92. The van der Waals surface area contributed by atoms with Gasteiger partial charge in [-0.2, -0.15) is 10.4 Å². The van der Waals surface area contributed by atoms with Gasteiger partial charge in [0.15, 0.2) is 0 Å². The van der Waals surface area contributed by atoms with E-state index >= 15 is 0 Å². The second-order valence-corrected chi connectivity index (χ2v) is 6.46. The Kier molecular flexibility index (Phi) is 5.22. The molecule has 3 aromatic carbocycles. The van der Waals surface area contributed by atoms with Crippen LogP contribution in [0.5, 0.6) is 5.75 Å². The molecule has 0 aliphatic rings. The first-order valence-electron chi connectivity index (χ1n) is 9.14. The van der Waals surface area contributed by atoms with Gasteiger partial charge in [0, 0.05) is 5.56 Å². The lowest BCUT2D eigenvalue weighted by Gasteiger charge is -2.06. The Hall–Kier alpha value is -4.44. The highest BCUT2D eigenvalue weighted by atomic mass is 16.5. The van der Waals surface area contributed by atoms with Crippen LogP contribution in [0.3, 0.4) is 0 Å². The molecular weight excluding hydrogens is 378 g/mol. The first kappa shape index (κ1) is 18.9. The van der Waals surface area contributed by atoms with Gasteiger partial charge in [0.05, 0.1) is 19.0 Å². The maximum atomic E-state index is 12.3. The number of hydrogen-bond donors (Lipinski definition) is 2. The fourth-order valence-corrected chi connectivity index (χ4v) is 3.05. The number of hydrogen-bond acceptors (Lipinski definition) is 6. The van der Waals surface area contributed by atoms with Gasteiger partial charge in [-0.05, 0) is 34.5 Å². The molecule has 30 heavy (non-hydrogen) atoms. The third-order valence-electron chi connectivity index (χ3n) is 4.53. The lowest BCUT2D eigenvalue weighted by atomic mass is 10.1. The molecule has 0 saturated carbocycles. The molecule has 0 unspecified atom stereocenters. The minimum atomic E-state index is -0.524. The second-order valence-electron chi connectivity index (χ2n) is 6.46. The van der Waals surface area contributed by atoms with E-state index in [9.17, 15) is 10.1 Å². The monoisotopic (exact) mass is 395 g/mol. The summed E-state index contributed by atoms with van der Waals surface area (Å²) in [5, 5.41) is 15.6. The summed E-state index contributed by atoms with van der Waals surface area (Å²) in [6.07, 6.45) is 1.63. The van der Waals surface area contributed by atoms with Gasteiger partial charge < -0.3 is 4.74 Å². The van der Waals surface area contributed by atoms with E-state index in [0.29, 0.717) is 11.3 Å². The molecule has 0 amide bonds. The van der Waals surface area contributed by atoms with Crippen molar-refractivity contribution in [1.82, 2.24) is 9.97 Å². The number of rotatable bonds is 5. The summed E-state index contributed by atoms with van der Waals surface area (Å²) < 4.78 is 5.24. The third-order valence-corrected chi connectivity index (χ3v) is 4.53. The first-order chi connectivity index (χ1) is 14.7. The van der Waals surface area contributed by atoms with E-state index < -0.39 is 5.56 Å². The highest BCUT2D eigenvalue weighted by Crippen LogP contribution is 2.22. The Morgan fingerprint density at radius 2 is 1.87 bits per heavy atom. The van der Waals surface area contributed by atoms with Crippen molar-refractivity contribution in [3.63, 3.8) is 0 Å². The zero-order valence-electron chi connectivity index (χ0n) is 16.1. The van der Waals surface area contributed by atoms with Gasteiger partial charge in [-0.15, -0.1) is 0 Å². The Morgan fingerprint density at radius 1 is 1.10 bits per heavy atom. The van der Waals surface area contributed by atoms with E-state index in [4.69, 9.17) is 4.74 Å². The van der Waals surface area contributed by atoms with Gasteiger partial charge in [0.2, 0.25) is 5.95 Å². The van der Waals surface area contributed by atoms with Crippen LogP contribution >= 0.6 is 0 Å². The zero-order valence-corrected chi connectivity index (χ0v) is 16.1. The minimum absolute atomic E-state index is 0.0410. The molecule has 0 bridgehead atoms. The number of aromatic amines is 1. The minimum Gasteiger partial charge on any atom is -0.497 e. The molecule has 4 aromatic rings. The average Bonchev–Trinajstić information content (AvgIpc) is 2.79. The molecule has 1 heterocycles.